The number of nitrogens with zero attached hydrogens (tertiary/aromatic N) is 2. The van der Waals surface area contributed by atoms with Crippen LogP contribution >= 0.6 is 0 Å². The zero-order chi connectivity index (χ0) is 23.3. The number of amides is 2. The highest BCUT2D eigenvalue weighted by Gasteiger charge is 2.12. The number of anilines is 3. The van der Waals surface area contributed by atoms with Gasteiger partial charge < -0.3 is 26.3 Å². The number of hydroxylamine groups is 1. The summed E-state index contributed by atoms with van der Waals surface area (Å²) < 4.78 is 11.5. The number of nitrogens with two attached hydrogens (primary N) is 2. The van der Waals surface area contributed by atoms with E-state index < -0.39 is 5.91 Å². The molecule has 0 bridgehead atoms. The van der Waals surface area contributed by atoms with E-state index in [1.54, 1.807) is 23.7 Å². The SMILES string of the molecule is CCc1nc(N)nc(N)c1OCCCOc1ccccc1NC(=O)CCCCC(=O)NO. The van der Waals surface area contributed by atoms with Gasteiger partial charge in [-0.2, -0.15) is 4.98 Å². The molecule has 2 aromatic rings. The second-order valence-corrected chi connectivity index (χ2v) is 6.93. The van der Waals surface area contributed by atoms with Gasteiger partial charge in [-0.15, -0.1) is 0 Å². The lowest BCUT2D eigenvalue weighted by Gasteiger charge is -2.14. The van der Waals surface area contributed by atoms with Crippen molar-refractivity contribution >= 4 is 29.3 Å². The topological polar surface area (TPSA) is 175 Å². The molecule has 1 heterocycles. The number of ether oxygens (including phenoxy) is 2. The predicted molar refractivity (Wildman–Crippen MR) is 119 cm³/mol. The Hall–Kier alpha value is -3.60. The molecule has 0 spiro atoms. The molecule has 0 atom stereocenters. The van der Waals surface area contributed by atoms with Crippen LogP contribution in [-0.4, -0.2) is 40.2 Å². The second-order valence-electron chi connectivity index (χ2n) is 6.93. The summed E-state index contributed by atoms with van der Waals surface area (Å²) >= 11 is 0. The molecule has 0 aliphatic carbocycles. The first kappa shape index (κ1) is 24.7. The first-order valence-corrected chi connectivity index (χ1v) is 10.4. The molecule has 1 aromatic heterocycles. The predicted octanol–water partition coefficient (Wildman–Crippen LogP) is 2.06. The normalized spacial score (nSPS) is 10.4. The Morgan fingerprint density at radius 2 is 1.69 bits per heavy atom. The van der Waals surface area contributed by atoms with Crippen LogP contribution in [-0.2, 0) is 16.0 Å². The van der Waals surface area contributed by atoms with E-state index in [1.165, 1.54) is 0 Å². The number of hydrogen-bond acceptors (Lipinski definition) is 9. The fourth-order valence-electron chi connectivity index (χ4n) is 2.88. The number of nitrogen functional groups attached to an aromatic ring is 2. The monoisotopic (exact) mass is 446 g/mol. The van der Waals surface area contributed by atoms with E-state index in [0.717, 1.165) is 0 Å². The highest BCUT2D eigenvalue weighted by atomic mass is 16.5. The number of rotatable bonds is 13. The number of aromatic nitrogens is 2. The fourth-order valence-corrected chi connectivity index (χ4v) is 2.88. The van der Waals surface area contributed by atoms with Gasteiger partial charge in [0.1, 0.15) is 5.75 Å². The van der Waals surface area contributed by atoms with Gasteiger partial charge in [0.15, 0.2) is 11.6 Å². The summed E-state index contributed by atoms with van der Waals surface area (Å²) in [5.74, 6) is 0.658. The Bertz CT molecular complexity index is 908. The van der Waals surface area contributed by atoms with Crippen molar-refractivity contribution in [3.8, 4) is 11.5 Å². The van der Waals surface area contributed by atoms with E-state index in [2.05, 4.69) is 15.3 Å². The van der Waals surface area contributed by atoms with Gasteiger partial charge in [-0.1, -0.05) is 19.1 Å². The average Bonchev–Trinajstić information content (AvgIpc) is 2.78. The number of carbonyl (C=O) groups excluding carboxylic acids is 2. The number of unbranched alkanes of at least 4 members (excludes halogenated alkanes) is 1. The highest BCUT2D eigenvalue weighted by Crippen LogP contribution is 2.26. The lowest BCUT2D eigenvalue weighted by Crippen LogP contribution is -2.18. The van der Waals surface area contributed by atoms with Crippen molar-refractivity contribution in [2.45, 2.75) is 45.4 Å². The molecule has 11 heteroatoms. The lowest BCUT2D eigenvalue weighted by atomic mass is 10.2. The molecule has 0 fully saturated rings. The minimum Gasteiger partial charge on any atom is -0.491 e. The van der Waals surface area contributed by atoms with Crippen molar-refractivity contribution in [3.63, 3.8) is 0 Å². The average molecular weight is 447 g/mol. The molecule has 1 aromatic carbocycles. The smallest absolute Gasteiger partial charge is 0.243 e. The van der Waals surface area contributed by atoms with Crippen LogP contribution in [0.5, 0.6) is 11.5 Å². The first-order valence-electron chi connectivity index (χ1n) is 10.4. The van der Waals surface area contributed by atoms with E-state index in [4.69, 9.17) is 26.1 Å². The van der Waals surface area contributed by atoms with Crippen molar-refractivity contribution in [3.05, 3.63) is 30.0 Å². The van der Waals surface area contributed by atoms with E-state index >= 15 is 0 Å². The standard InChI is InChI=1S/C21H30N6O5/c1-2-14-19(20(22)26-21(23)25-14)32-13-7-12-31-16-9-4-3-8-15(16)24-17(28)10-5-6-11-18(29)27-30/h3-4,8-9,30H,2,5-7,10-13H2,1H3,(H,24,28)(H,27,29)(H4,22,23,25,26). The van der Waals surface area contributed by atoms with Crippen LogP contribution in [0.15, 0.2) is 24.3 Å². The van der Waals surface area contributed by atoms with Gasteiger partial charge >= 0.3 is 0 Å². The second kappa shape index (κ2) is 13.0. The van der Waals surface area contributed by atoms with E-state index in [9.17, 15) is 9.59 Å². The van der Waals surface area contributed by atoms with Crippen LogP contribution in [0.2, 0.25) is 0 Å². The Labute approximate surface area is 186 Å². The Balaban J connectivity index is 1.78. The van der Waals surface area contributed by atoms with E-state index in [0.29, 0.717) is 61.8 Å². The molecule has 2 amide bonds. The van der Waals surface area contributed by atoms with Gasteiger partial charge in [0.2, 0.25) is 17.8 Å². The van der Waals surface area contributed by atoms with Gasteiger partial charge in [0.25, 0.3) is 0 Å². The van der Waals surface area contributed by atoms with Gasteiger partial charge in [-0.3, -0.25) is 14.8 Å². The lowest BCUT2D eigenvalue weighted by molar-refractivity contribution is -0.129. The molecule has 0 saturated carbocycles. The summed E-state index contributed by atoms with van der Waals surface area (Å²) in [6.45, 7) is 2.63. The highest BCUT2D eigenvalue weighted by molar-refractivity contribution is 5.92. The molecule has 32 heavy (non-hydrogen) atoms. The molecular weight excluding hydrogens is 416 g/mol. The maximum absolute atomic E-state index is 12.2. The third kappa shape index (κ3) is 7.91. The largest absolute Gasteiger partial charge is 0.491 e. The third-order valence-electron chi connectivity index (χ3n) is 4.45. The quantitative estimate of drug-likeness (QED) is 0.175. The van der Waals surface area contributed by atoms with E-state index in [1.807, 2.05) is 13.0 Å². The Kier molecular flexibility index (Phi) is 9.98. The van der Waals surface area contributed by atoms with Crippen molar-refractivity contribution in [1.29, 1.82) is 0 Å². The minimum absolute atomic E-state index is 0.115. The Morgan fingerprint density at radius 3 is 2.41 bits per heavy atom. The molecule has 11 nitrogen and oxygen atoms in total. The van der Waals surface area contributed by atoms with Crippen LogP contribution in [0.3, 0.4) is 0 Å². The maximum atomic E-state index is 12.2. The van der Waals surface area contributed by atoms with Crippen LogP contribution in [0.1, 0.15) is 44.7 Å². The van der Waals surface area contributed by atoms with Crippen molar-refractivity contribution in [1.82, 2.24) is 15.4 Å². The molecule has 0 radical (unpaired) electrons. The van der Waals surface area contributed by atoms with Crippen molar-refractivity contribution in [2.24, 2.45) is 0 Å². The summed E-state index contributed by atoms with van der Waals surface area (Å²) in [5.41, 5.74) is 14.3. The molecule has 0 aliphatic heterocycles. The maximum Gasteiger partial charge on any atom is 0.243 e. The van der Waals surface area contributed by atoms with Gasteiger partial charge in [-0.05, 0) is 31.4 Å². The summed E-state index contributed by atoms with van der Waals surface area (Å²) in [5, 5.41) is 11.3. The molecule has 7 N–H and O–H groups in total. The minimum atomic E-state index is -0.467. The molecular formula is C21H30N6O5. The molecule has 0 unspecified atom stereocenters. The van der Waals surface area contributed by atoms with Gasteiger partial charge in [0, 0.05) is 19.3 Å². The number of benzene rings is 1. The summed E-state index contributed by atoms with van der Waals surface area (Å²) in [6.07, 6.45) is 2.64. The van der Waals surface area contributed by atoms with Gasteiger partial charge in [-0.25, -0.2) is 10.5 Å². The van der Waals surface area contributed by atoms with Crippen LogP contribution in [0.4, 0.5) is 17.5 Å². The molecule has 174 valence electrons. The Morgan fingerprint density at radius 1 is 1.00 bits per heavy atom. The number of hydrogen-bond donors (Lipinski definition) is 5. The van der Waals surface area contributed by atoms with Crippen molar-refractivity contribution in [2.75, 3.05) is 30.0 Å². The van der Waals surface area contributed by atoms with E-state index in [-0.39, 0.29) is 30.5 Å². The molecule has 2 rings (SSSR count). The van der Waals surface area contributed by atoms with Crippen LogP contribution in [0, 0.1) is 0 Å². The number of para-hydroxylation sites is 2. The van der Waals surface area contributed by atoms with Crippen LogP contribution in [0.25, 0.3) is 0 Å². The zero-order valence-corrected chi connectivity index (χ0v) is 18.1. The third-order valence-corrected chi connectivity index (χ3v) is 4.45. The summed E-state index contributed by atoms with van der Waals surface area (Å²) in [7, 11) is 0. The zero-order valence-electron chi connectivity index (χ0n) is 18.1. The number of nitrogens with one attached hydrogen (secondary N) is 2. The van der Waals surface area contributed by atoms with Gasteiger partial charge in [0.05, 0.1) is 24.6 Å². The first-order chi connectivity index (χ1) is 15.4. The molecule has 0 aliphatic rings. The summed E-state index contributed by atoms with van der Waals surface area (Å²) in [6, 6.07) is 7.13. The van der Waals surface area contributed by atoms with Crippen molar-refractivity contribution < 1.29 is 24.3 Å². The number of carbonyl (C=O) groups is 2. The summed E-state index contributed by atoms with van der Waals surface area (Å²) in [4.78, 5) is 31.2. The fraction of sp³-hybridized carbons (Fsp3) is 0.429. The van der Waals surface area contributed by atoms with Crippen LogP contribution < -0.4 is 31.7 Å². The number of aryl methyl sites for hydroxylation is 1. The molecule has 0 saturated heterocycles.